The van der Waals surface area contributed by atoms with Crippen LogP contribution in [0, 0.1) is 0 Å². The summed E-state index contributed by atoms with van der Waals surface area (Å²) >= 11 is 6.41. The standard InChI is InChI=1S/C31H34ClN5O8S/c1-31(2,3)20-9-12-22(13-10-20)46(39,40)37-28-27(45-24-18-21(42-5)11-14-23(24)32)29(35-26(34-28)19-41-4)43-16-17-44-30(38)36-25-8-6-7-15-33-25/h6-15,18H,16-17,19H2,1-5H3,(H,33,36,38)(H,34,35,37). The number of ether oxygens (including phenoxy) is 5. The maximum atomic E-state index is 13.6. The summed E-state index contributed by atoms with van der Waals surface area (Å²) in [5, 5.41) is 2.68. The molecule has 15 heteroatoms. The highest BCUT2D eigenvalue weighted by Crippen LogP contribution is 2.41. The predicted octanol–water partition coefficient (Wildman–Crippen LogP) is 6.20. The number of aromatic nitrogens is 3. The fourth-order valence-electron chi connectivity index (χ4n) is 3.90. The first-order valence-corrected chi connectivity index (χ1v) is 15.8. The number of halogens is 1. The topological polar surface area (TPSA) is 160 Å². The van der Waals surface area contributed by atoms with Crippen molar-refractivity contribution >= 4 is 39.4 Å². The van der Waals surface area contributed by atoms with Crippen molar-refractivity contribution < 1.29 is 36.9 Å². The molecule has 0 saturated heterocycles. The second-order valence-corrected chi connectivity index (χ2v) is 12.7. The van der Waals surface area contributed by atoms with E-state index in [1.807, 2.05) is 20.8 Å². The molecule has 1 amide bonds. The van der Waals surface area contributed by atoms with Crippen LogP contribution < -0.4 is 24.2 Å². The number of amides is 1. The van der Waals surface area contributed by atoms with Gasteiger partial charge in [-0.2, -0.15) is 4.98 Å². The molecule has 2 aromatic carbocycles. The highest BCUT2D eigenvalue weighted by molar-refractivity contribution is 7.92. The molecule has 2 N–H and O–H groups in total. The van der Waals surface area contributed by atoms with Gasteiger partial charge in [0.1, 0.15) is 37.1 Å². The number of rotatable bonds is 13. The normalized spacial score (nSPS) is 11.4. The van der Waals surface area contributed by atoms with E-state index in [1.54, 1.807) is 42.5 Å². The number of anilines is 2. The zero-order valence-electron chi connectivity index (χ0n) is 25.9. The summed E-state index contributed by atoms with van der Waals surface area (Å²) in [7, 11) is -1.29. The second kappa shape index (κ2) is 15.1. The molecule has 0 spiro atoms. The van der Waals surface area contributed by atoms with E-state index in [1.165, 1.54) is 38.6 Å². The highest BCUT2D eigenvalue weighted by atomic mass is 35.5. The minimum Gasteiger partial charge on any atom is -0.497 e. The van der Waals surface area contributed by atoms with Crippen molar-refractivity contribution in [2.75, 3.05) is 37.5 Å². The number of benzene rings is 2. The monoisotopic (exact) mass is 671 g/mol. The Kier molecular flexibility index (Phi) is 11.2. The molecule has 0 atom stereocenters. The van der Waals surface area contributed by atoms with E-state index in [-0.39, 0.29) is 64.2 Å². The summed E-state index contributed by atoms with van der Waals surface area (Å²) in [5.41, 5.74) is 0.780. The molecule has 0 bridgehead atoms. The number of hydrogen-bond donors (Lipinski definition) is 2. The number of methoxy groups -OCH3 is 2. The molecule has 13 nitrogen and oxygen atoms in total. The van der Waals surface area contributed by atoms with E-state index in [4.69, 9.17) is 35.3 Å². The lowest BCUT2D eigenvalue weighted by molar-refractivity contribution is 0.134. The Morgan fingerprint density at radius 3 is 2.39 bits per heavy atom. The molecule has 46 heavy (non-hydrogen) atoms. The van der Waals surface area contributed by atoms with Gasteiger partial charge in [-0.1, -0.05) is 50.6 Å². The molecule has 4 aromatic rings. The third kappa shape index (κ3) is 9.19. The van der Waals surface area contributed by atoms with E-state index in [2.05, 4.69) is 25.0 Å². The van der Waals surface area contributed by atoms with Crippen LogP contribution in [0.4, 0.5) is 16.4 Å². The van der Waals surface area contributed by atoms with Gasteiger partial charge in [0.05, 0.1) is 17.0 Å². The molecule has 0 aliphatic carbocycles. The largest absolute Gasteiger partial charge is 0.497 e. The fourth-order valence-corrected chi connectivity index (χ4v) is 5.06. The zero-order chi connectivity index (χ0) is 33.3. The van der Waals surface area contributed by atoms with Crippen LogP contribution in [0.1, 0.15) is 32.2 Å². The molecule has 2 heterocycles. The summed E-state index contributed by atoms with van der Waals surface area (Å²) in [6, 6.07) is 16.2. The maximum Gasteiger partial charge on any atom is 0.412 e. The first kappa shape index (κ1) is 34.2. The number of nitrogens with one attached hydrogen (secondary N) is 2. The number of sulfonamides is 1. The summed E-state index contributed by atoms with van der Waals surface area (Å²) in [5.74, 6) is 0.297. The highest BCUT2D eigenvalue weighted by Gasteiger charge is 2.26. The van der Waals surface area contributed by atoms with E-state index in [9.17, 15) is 13.2 Å². The van der Waals surface area contributed by atoms with Crippen molar-refractivity contribution in [1.82, 2.24) is 15.0 Å². The molecule has 4 rings (SSSR count). The molecule has 0 aliphatic heterocycles. The first-order valence-electron chi connectivity index (χ1n) is 13.9. The second-order valence-electron chi connectivity index (χ2n) is 10.7. The Bertz CT molecular complexity index is 1750. The van der Waals surface area contributed by atoms with Crippen molar-refractivity contribution in [2.24, 2.45) is 0 Å². The van der Waals surface area contributed by atoms with Crippen molar-refractivity contribution in [3.8, 4) is 23.1 Å². The van der Waals surface area contributed by atoms with Crippen LogP contribution in [0.25, 0.3) is 0 Å². The van der Waals surface area contributed by atoms with Gasteiger partial charge in [-0.3, -0.25) is 10.0 Å². The van der Waals surface area contributed by atoms with Crippen molar-refractivity contribution in [3.05, 3.63) is 83.3 Å². The summed E-state index contributed by atoms with van der Waals surface area (Å²) < 4.78 is 57.3. The third-order valence-corrected chi connectivity index (χ3v) is 7.88. The lowest BCUT2D eigenvalue weighted by Gasteiger charge is -2.20. The van der Waals surface area contributed by atoms with E-state index < -0.39 is 16.1 Å². The molecular weight excluding hydrogens is 638 g/mol. The molecule has 244 valence electrons. The Morgan fingerprint density at radius 2 is 1.74 bits per heavy atom. The molecule has 0 saturated carbocycles. The Labute approximate surface area is 272 Å². The van der Waals surface area contributed by atoms with E-state index in [0.717, 1.165) is 5.56 Å². The summed E-state index contributed by atoms with van der Waals surface area (Å²) in [6.07, 6.45) is 0.768. The van der Waals surface area contributed by atoms with E-state index in [0.29, 0.717) is 11.6 Å². The van der Waals surface area contributed by atoms with Crippen molar-refractivity contribution in [2.45, 2.75) is 37.7 Å². The predicted molar refractivity (Wildman–Crippen MR) is 171 cm³/mol. The number of carbonyl (C=O) groups is 1. The zero-order valence-corrected chi connectivity index (χ0v) is 27.4. The van der Waals surface area contributed by atoms with E-state index >= 15 is 0 Å². The molecular formula is C31H34ClN5O8S. The third-order valence-electron chi connectivity index (χ3n) is 6.22. The SMILES string of the molecule is COCc1nc(NS(=O)(=O)c2ccc(C(C)(C)C)cc2)c(Oc2cc(OC)ccc2Cl)c(OCCOC(=O)Nc2ccccn2)n1. The average Bonchev–Trinajstić information content (AvgIpc) is 3.02. The van der Waals surface area contributed by atoms with Gasteiger partial charge in [0, 0.05) is 19.4 Å². The van der Waals surface area contributed by atoms with Crippen LogP contribution in [-0.4, -0.2) is 56.9 Å². The van der Waals surface area contributed by atoms with Crippen LogP contribution in [0.5, 0.6) is 23.1 Å². The quantitative estimate of drug-likeness (QED) is 0.156. The first-order chi connectivity index (χ1) is 21.9. The lowest BCUT2D eigenvalue weighted by atomic mass is 9.87. The molecule has 2 aromatic heterocycles. The van der Waals surface area contributed by atoms with Crippen LogP contribution in [-0.2, 0) is 31.5 Å². The van der Waals surface area contributed by atoms with Gasteiger partial charge in [-0.25, -0.2) is 23.2 Å². The average molecular weight is 672 g/mol. The van der Waals surface area contributed by atoms with Crippen LogP contribution in [0.3, 0.4) is 0 Å². The van der Waals surface area contributed by atoms with Gasteiger partial charge in [-0.05, 0) is 47.4 Å². The van der Waals surface area contributed by atoms with Gasteiger partial charge >= 0.3 is 6.09 Å². The van der Waals surface area contributed by atoms with Gasteiger partial charge in [0.15, 0.2) is 11.6 Å². The lowest BCUT2D eigenvalue weighted by Crippen LogP contribution is -2.19. The summed E-state index contributed by atoms with van der Waals surface area (Å²) in [4.78, 5) is 24.9. The Balaban J connectivity index is 1.66. The Hall–Kier alpha value is -4.66. The number of carbonyl (C=O) groups excluding carboxylic acids is 1. The molecule has 0 unspecified atom stereocenters. The van der Waals surface area contributed by atoms with Crippen LogP contribution in [0.15, 0.2) is 71.8 Å². The maximum absolute atomic E-state index is 13.6. The number of hydrogen-bond acceptors (Lipinski definition) is 11. The van der Waals surface area contributed by atoms with Gasteiger partial charge in [-0.15, -0.1) is 0 Å². The minimum absolute atomic E-state index is 0.00690. The van der Waals surface area contributed by atoms with Crippen LogP contribution in [0.2, 0.25) is 5.02 Å². The van der Waals surface area contributed by atoms with Gasteiger partial charge in [0.2, 0.25) is 5.75 Å². The summed E-state index contributed by atoms with van der Waals surface area (Å²) in [6.45, 7) is 5.60. The molecule has 0 aliphatic rings. The van der Waals surface area contributed by atoms with Gasteiger partial charge in [0.25, 0.3) is 15.9 Å². The minimum atomic E-state index is -4.19. The van der Waals surface area contributed by atoms with Crippen molar-refractivity contribution in [1.29, 1.82) is 0 Å². The Morgan fingerprint density at radius 1 is 0.978 bits per heavy atom. The van der Waals surface area contributed by atoms with Crippen molar-refractivity contribution in [3.63, 3.8) is 0 Å². The number of nitrogens with zero attached hydrogens (tertiary/aromatic N) is 3. The number of pyridine rings is 1. The van der Waals surface area contributed by atoms with Gasteiger partial charge < -0.3 is 23.7 Å². The fraction of sp³-hybridized carbons (Fsp3) is 0.290. The smallest absolute Gasteiger partial charge is 0.412 e. The molecule has 0 radical (unpaired) electrons. The van der Waals surface area contributed by atoms with Crippen LogP contribution >= 0.6 is 11.6 Å². The molecule has 0 fully saturated rings.